The maximum atomic E-state index is 13.0. The molecule has 3 unspecified atom stereocenters. The van der Waals surface area contributed by atoms with E-state index in [-0.39, 0.29) is 29.5 Å². The van der Waals surface area contributed by atoms with E-state index in [1.807, 2.05) is 12.2 Å². The number of likely N-dealkylation sites (tertiary alicyclic amines) is 1. The van der Waals surface area contributed by atoms with Crippen molar-refractivity contribution in [1.29, 1.82) is 0 Å². The van der Waals surface area contributed by atoms with Crippen LogP contribution in [0.5, 0.6) is 0 Å². The highest BCUT2D eigenvalue weighted by Crippen LogP contribution is 2.36. The summed E-state index contributed by atoms with van der Waals surface area (Å²) in [6.07, 6.45) is 4.89. The Morgan fingerprint density at radius 1 is 1.20 bits per heavy atom. The van der Waals surface area contributed by atoms with Gasteiger partial charge in [0.15, 0.2) is 4.34 Å². The van der Waals surface area contributed by atoms with Crippen molar-refractivity contribution in [3.8, 4) is 0 Å². The number of rotatable bonds is 6. The van der Waals surface area contributed by atoms with Crippen LogP contribution < -0.4 is 5.32 Å². The van der Waals surface area contributed by atoms with E-state index in [1.165, 1.54) is 35.2 Å². The van der Waals surface area contributed by atoms with Crippen molar-refractivity contribution in [1.82, 2.24) is 15.1 Å². The number of fused-ring (bicyclic) bond motifs is 1. The molecule has 1 aliphatic carbocycles. The molecule has 1 aliphatic heterocycles. The van der Waals surface area contributed by atoms with Crippen molar-refractivity contribution in [3.05, 3.63) is 47.8 Å². The molecule has 3 atom stereocenters. The van der Waals surface area contributed by atoms with Gasteiger partial charge >= 0.3 is 0 Å². The van der Waals surface area contributed by atoms with Crippen LogP contribution in [-0.2, 0) is 20.1 Å². The number of carbonyl (C=O) groups excluding carboxylic acids is 3. The molecule has 4 rings (SSSR count). The first-order valence-corrected chi connectivity index (χ1v) is 11.3. The monoisotopic (exact) mass is 446 g/mol. The quantitative estimate of drug-likeness (QED) is 0.317. The number of nitrogens with zero attached hydrogens (tertiary/aromatic N) is 3. The molecule has 1 fully saturated rings. The van der Waals surface area contributed by atoms with Gasteiger partial charge in [0, 0.05) is 5.75 Å². The summed E-state index contributed by atoms with van der Waals surface area (Å²) >= 11 is 2.62. The van der Waals surface area contributed by atoms with Crippen LogP contribution in [-0.4, -0.2) is 38.9 Å². The number of amides is 3. The van der Waals surface area contributed by atoms with Crippen molar-refractivity contribution in [2.45, 2.75) is 35.9 Å². The number of nitrogens with one attached hydrogen (secondary N) is 1. The predicted octanol–water partition coefficient (Wildman–Crippen LogP) is 3.25. The zero-order valence-corrected chi connectivity index (χ0v) is 17.7. The molecule has 2 aliphatic rings. The van der Waals surface area contributed by atoms with Crippen molar-refractivity contribution in [2.75, 3.05) is 5.32 Å². The molecule has 1 aromatic heterocycles. The summed E-state index contributed by atoms with van der Waals surface area (Å²) in [5.74, 6) is -1.48. The van der Waals surface area contributed by atoms with Gasteiger partial charge in [-0.3, -0.25) is 24.6 Å². The number of aromatic nitrogens is 2. The maximum absolute atomic E-state index is 13.0. The smallest absolute Gasteiger partial charge is 0.249 e. The third kappa shape index (κ3) is 4.15. The van der Waals surface area contributed by atoms with E-state index in [1.54, 1.807) is 19.1 Å². The van der Waals surface area contributed by atoms with Gasteiger partial charge in [0.05, 0.1) is 11.8 Å². The topological polar surface area (TPSA) is 92.3 Å². The van der Waals surface area contributed by atoms with Crippen LogP contribution in [0.3, 0.4) is 0 Å². The first kappa shape index (κ1) is 20.7. The van der Waals surface area contributed by atoms with Crippen LogP contribution in [0, 0.1) is 17.7 Å². The third-order valence-electron chi connectivity index (χ3n) is 5.22. The highest BCUT2D eigenvalue weighted by Gasteiger charge is 2.50. The van der Waals surface area contributed by atoms with Gasteiger partial charge in [-0.05, 0) is 37.5 Å². The van der Waals surface area contributed by atoms with Crippen LogP contribution >= 0.6 is 23.1 Å². The van der Waals surface area contributed by atoms with E-state index in [2.05, 4.69) is 15.5 Å². The summed E-state index contributed by atoms with van der Waals surface area (Å²) in [6.45, 7) is 1.54. The fourth-order valence-corrected chi connectivity index (χ4v) is 5.29. The molecule has 0 bridgehead atoms. The number of hydrogen-bond donors (Lipinski definition) is 1. The van der Waals surface area contributed by atoms with Crippen molar-refractivity contribution in [3.63, 3.8) is 0 Å². The molecular formula is C20H19FN4O3S2. The van der Waals surface area contributed by atoms with Crippen molar-refractivity contribution < 1.29 is 18.8 Å². The van der Waals surface area contributed by atoms with Gasteiger partial charge in [-0.25, -0.2) is 4.39 Å². The molecule has 3 amide bonds. The molecule has 0 radical (unpaired) electrons. The predicted molar refractivity (Wildman–Crippen MR) is 111 cm³/mol. The number of anilines is 1. The lowest BCUT2D eigenvalue weighted by Gasteiger charge is -2.21. The molecule has 0 spiro atoms. The van der Waals surface area contributed by atoms with Crippen LogP contribution in [0.15, 0.2) is 40.8 Å². The number of carbonyl (C=O) groups is 3. The van der Waals surface area contributed by atoms with Crippen molar-refractivity contribution >= 4 is 46.0 Å². The van der Waals surface area contributed by atoms with Gasteiger partial charge in [-0.15, -0.1) is 10.2 Å². The average Bonchev–Trinajstić information content (AvgIpc) is 3.30. The lowest BCUT2D eigenvalue weighted by Crippen LogP contribution is -2.46. The normalized spacial score (nSPS) is 21.6. The summed E-state index contributed by atoms with van der Waals surface area (Å²) < 4.78 is 13.6. The second-order valence-corrected chi connectivity index (χ2v) is 9.36. The summed E-state index contributed by atoms with van der Waals surface area (Å²) in [4.78, 5) is 39.0. The average molecular weight is 447 g/mol. The maximum Gasteiger partial charge on any atom is 0.249 e. The molecule has 30 heavy (non-hydrogen) atoms. The van der Waals surface area contributed by atoms with Gasteiger partial charge in [-0.2, -0.15) is 0 Å². The Kier molecular flexibility index (Phi) is 5.96. The molecule has 2 aromatic rings. The van der Waals surface area contributed by atoms with Crippen LogP contribution in [0.2, 0.25) is 0 Å². The van der Waals surface area contributed by atoms with Gasteiger partial charge in [-0.1, -0.05) is 47.4 Å². The standard InChI is InChI=1S/C20H19FN4O3S2/c1-11(25-17(27)14-4-2-3-5-15(14)18(25)28)16(26)22-19-23-24-20(30-19)29-10-12-6-8-13(21)9-7-12/h2-3,6-9,11,14-15H,4-5,10H2,1H3,(H,22,23,26). The SMILES string of the molecule is CC(C(=O)Nc1nnc(SCc2ccc(F)cc2)s1)N1C(=O)C2CC=CCC2C1=O. The first-order chi connectivity index (χ1) is 14.4. The minimum absolute atomic E-state index is 0.287. The first-order valence-electron chi connectivity index (χ1n) is 9.47. The van der Waals surface area contributed by atoms with Crippen molar-refractivity contribution in [2.24, 2.45) is 11.8 Å². The number of benzene rings is 1. The lowest BCUT2D eigenvalue weighted by molar-refractivity contribution is -0.146. The number of halogens is 1. The van der Waals surface area contributed by atoms with Gasteiger partial charge in [0.2, 0.25) is 22.9 Å². The Labute approximate surface area is 180 Å². The molecule has 1 aromatic carbocycles. The second kappa shape index (κ2) is 8.65. The van der Waals surface area contributed by atoms with Crippen LogP contribution in [0.1, 0.15) is 25.3 Å². The third-order valence-corrected chi connectivity index (χ3v) is 7.26. The Bertz CT molecular complexity index is 982. The van der Waals surface area contributed by atoms with E-state index in [4.69, 9.17) is 0 Å². The molecule has 7 nitrogen and oxygen atoms in total. The largest absolute Gasteiger partial charge is 0.299 e. The zero-order chi connectivity index (χ0) is 21.3. The summed E-state index contributed by atoms with van der Waals surface area (Å²) in [6, 6.07) is 5.28. The van der Waals surface area contributed by atoms with Crippen LogP contribution in [0.25, 0.3) is 0 Å². The zero-order valence-electron chi connectivity index (χ0n) is 16.1. The van der Waals surface area contributed by atoms with Crippen LogP contribution in [0.4, 0.5) is 9.52 Å². The van der Waals surface area contributed by atoms with E-state index in [9.17, 15) is 18.8 Å². The lowest BCUT2D eigenvalue weighted by atomic mass is 9.85. The second-order valence-electron chi connectivity index (χ2n) is 7.16. The number of imide groups is 1. The van der Waals surface area contributed by atoms with E-state index in [0.717, 1.165) is 10.5 Å². The number of allylic oxidation sites excluding steroid dienone is 2. The minimum atomic E-state index is -0.921. The molecular weight excluding hydrogens is 427 g/mol. The van der Waals surface area contributed by atoms with Gasteiger partial charge in [0.25, 0.3) is 0 Å². The van der Waals surface area contributed by atoms with Gasteiger partial charge < -0.3 is 0 Å². The highest BCUT2D eigenvalue weighted by atomic mass is 32.2. The fraction of sp³-hybridized carbons (Fsp3) is 0.350. The number of hydrogen-bond acceptors (Lipinski definition) is 7. The van der Waals surface area contributed by atoms with Gasteiger partial charge in [0.1, 0.15) is 11.9 Å². The summed E-state index contributed by atoms with van der Waals surface area (Å²) in [5, 5.41) is 10.9. The Morgan fingerprint density at radius 2 is 1.83 bits per heavy atom. The Balaban J connectivity index is 1.35. The highest BCUT2D eigenvalue weighted by molar-refractivity contribution is 8.00. The molecule has 10 heteroatoms. The van der Waals surface area contributed by atoms with E-state index < -0.39 is 11.9 Å². The summed E-state index contributed by atoms with van der Waals surface area (Å²) in [7, 11) is 0. The van der Waals surface area contributed by atoms with E-state index in [0.29, 0.717) is 28.1 Å². The fourth-order valence-electron chi connectivity index (χ4n) is 3.58. The summed E-state index contributed by atoms with van der Waals surface area (Å²) in [5.41, 5.74) is 0.942. The minimum Gasteiger partial charge on any atom is -0.299 e. The Morgan fingerprint density at radius 3 is 2.47 bits per heavy atom. The Hall–Kier alpha value is -2.59. The van der Waals surface area contributed by atoms with E-state index >= 15 is 0 Å². The number of thioether (sulfide) groups is 1. The molecule has 1 saturated heterocycles. The molecule has 1 N–H and O–H groups in total. The molecule has 0 saturated carbocycles. The molecule has 156 valence electrons. The molecule has 2 heterocycles.